The number of hydrogen-bond acceptors (Lipinski definition) is 2. The summed E-state index contributed by atoms with van der Waals surface area (Å²) in [6.45, 7) is 2.09. The first kappa shape index (κ1) is 13.6. The van der Waals surface area contributed by atoms with E-state index in [9.17, 15) is 0 Å². The van der Waals surface area contributed by atoms with Gasteiger partial charge in [-0.1, -0.05) is 48.0 Å². The van der Waals surface area contributed by atoms with E-state index in [0.29, 0.717) is 0 Å². The number of para-hydroxylation sites is 1. The zero-order valence-corrected chi connectivity index (χ0v) is 12.1. The standard InChI is InChI=1S/C18H19N3/c1-14-7-9-15(10-8-14)11-18(19)16-12-20-21(13-16)17-5-3-2-4-6-17/h2-10,12-13,18H,11,19H2,1H3. The lowest BCUT2D eigenvalue weighted by atomic mass is 10.0. The lowest BCUT2D eigenvalue weighted by molar-refractivity contribution is 0.721. The van der Waals surface area contributed by atoms with Gasteiger partial charge < -0.3 is 5.73 Å². The minimum Gasteiger partial charge on any atom is -0.324 e. The third-order valence-electron chi connectivity index (χ3n) is 3.63. The molecule has 3 heteroatoms. The second kappa shape index (κ2) is 5.94. The molecule has 0 saturated heterocycles. The molecule has 1 atom stereocenters. The van der Waals surface area contributed by atoms with Crippen LogP contribution in [0.5, 0.6) is 0 Å². The van der Waals surface area contributed by atoms with Crippen molar-refractivity contribution in [3.63, 3.8) is 0 Å². The van der Waals surface area contributed by atoms with E-state index in [4.69, 9.17) is 5.73 Å². The lowest BCUT2D eigenvalue weighted by Gasteiger charge is -2.09. The first-order valence-electron chi connectivity index (χ1n) is 7.13. The summed E-state index contributed by atoms with van der Waals surface area (Å²) < 4.78 is 1.87. The molecule has 2 N–H and O–H groups in total. The van der Waals surface area contributed by atoms with E-state index < -0.39 is 0 Å². The second-order valence-corrected chi connectivity index (χ2v) is 5.35. The van der Waals surface area contributed by atoms with E-state index in [0.717, 1.165) is 17.7 Å². The minimum atomic E-state index is -0.0369. The molecule has 106 valence electrons. The highest BCUT2D eigenvalue weighted by atomic mass is 15.3. The van der Waals surface area contributed by atoms with Crippen LogP contribution >= 0.6 is 0 Å². The average Bonchev–Trinajstić information content (AvgIpc) is 3.00. The number of benzene rings is 2. The third kappa shape index (κ3) is 3.20. The van der Waals surface area contributed by atoms with Crippen LogP contribution in [0.3, 0.4) is 0 Å². The summed E-state index contributed by atoms with van der Waals surface area (Å²) in [5.74, 6) is 0. The third-order valence-corrected chi connectivity index (χ3v) is 3.63. The van der Waals surface area contributed by atoms with E-state index in [1.165, 1.54) is 11.1 Å². The topological polar surface area (TPSA) is 43.8 Å². The molecule has 0 radical (unpaired) electrons. The SMILES string of the molecule is Cc1ccc(CC(N)c2cnn(-c3ccccc3)c2)cc1. The van der Waals surface area contributed by atoms with Gasteiger partial charge in [0.25, 0.3) is 0 Å². The van der Waals surface area contributed by atoms with Crippen LogP contribution in [-0.4, -0.2) is 9.78 Å². The van der Waals surface area contributed by atoms with Crippen molar-refractivity contribution >= 4 is 0 Å². The molecule has 3 aromatic rings. The molecule has 0 amide bonds. The Morgan fingerprint density at radius 2 is 1.76 bits per heavy atom. The summed E-state index contributed by atoms with van der Waals surface area (Å²) in [6.07, 6.45) is 4.68. The molecule has 1 unspecified atom stereocenters. The second-order valence-electron chi connectivity index (χ2n) is 5.35. The maximum Gasteiger partial charge on any atom is 0.0645 e. The summed E-state index contributed by atoms with van der Waals surface area (Å²) in [6, 6.07) is 18.5. The van der Waals surface area contributed by atoms with Crippen molar-refractivity contribution in [2.45, 2.75) is 19.4 Å². The molecule has 0 aliphatic rings. The molecule has 1 heterocycles. The fourth-order valence-electron chi connectivity index (χ4n) is 2.35. The Balaban J connectivity index is 1.75. The molecule has 0 saturated carbocycles. The Hall–Kier alpha value is -2.39. The first-order valence-corrected chi connectivity index (χ1v) is 7.13. The molecule has 0 aliphatic carbocycles. The van der Waals surface area contributed by atoms with E-state index in [2.05, 4.69) is 36.3 Å². The van der Waals surface area contributed by atoms with Crippen LogP contribution in [0.1, 0.15) is 22.7 Å². The van der Waals surface area contributed by atoms with Crippen molar-refractivity contribution in [1.29, 1.82) is 0 Å². The average molecular weight is 277 g/mol. The number of hydrogen-bond donors (Lipinski definition) is 1. The Morgan fingerprint density at radius 3 is 2.48 bits per heavy atom. The van der Waals surface area contributed by atoms with Gasteiger partial charge in [0.1, 0.15) is 0 Å². The fraction of sp³-hybridized carbons (Fsp3) is 0.167. The predicted octanol–water partition coefficient (Wildman–Crippen LogP) is 3.42. The van der Waals surface area contributed by atoms with Gasteiger partial charge in [-0.25, -0.2) is 4.68 Å². The summed E-state index contributed by atoms with van der Waals surface area (Å²) >= 11 is 0. The predicted molar refractivity (Wildman–Crippen MR) is 85.4 cm³/mol. The normalized spacial score (nSPS) is 12.3. The van der Waals surface area contributed by atoms with E-state index in [-0.39, 0.29) is 6.04 Å². The number of aryl methyl sites for hydroxylation is 1. The van der Waals surface area contributed by atoms with Crippen molar-refractivity contribution in [3.05, 3.63) is 83.7 Å². The molecule has 0 bridgehead atoms. The van der Waals surface area contributed by atoms with E-state index >= 15 is 0 Å². The molecule has 0 fully saturated rings. The number of aromatic nitrogens is 2. The van der Waals surface area contributed by atoms with Crippen molar-refractivity contribution in [2.24, 2.45) is 5.73 Å². The quantitative estimate of drug-likeness (QED) is 0.794. The van der Waals surface area contributed by atoms with Crippen LogP contribution in [0.4, 0.5) is 0 Å². The Morgan fingerprint density at radius 1 is 1.05 bits per heavy atom. The molecule has 3 nitrogen and oxygen atoms in total. The first-order chi connectivity index (χ1) is 10.2. The molecule has 2 aromatic carbocycles. The smallest absolute Gasteiger partial charge is 0.0645 e. The summed E-state index contributed by atoms with van der Waals surface area (Å²) in [7, 11) is 0. The van der Waals surface area contributed by atoms with Crippen molar-refractivity contribution in [1.82, 2.24) is 9.78 Å². The Labute approximate surface area is 125 Å². The monoisotopic (exact) mass is 277 g/mol. The number of nitrogens with zero attached hydrogens (tertiary/aromatic N) is 2. The van der Waals surface area contributed by atoms with Crippen LogP contribution in [-0.2, 0) is 6.42 Å². The Bertz CT molecular complexity index is 699. The van der Waals surface area contributed by atoms with Gasteiger partial charge in [-0.2, -0.15) is 5.10 Å². The van der Waals surface area contributed by atoms with Crippen LogP contribution in [0.25, 0.3) is 5.69 Å². The highest BCUT2D eigenvalue weighted by Crippen LogP contribution is 2.17. The van der Waals surface area contributed by atoms with Gasteiger partial charge >= 0.3 is 0 Å². The maximum absolute atomic E-state index is 6.30. The summed E-state index contributed by atoms with van der Waals surface area (Å²) in [5, 5.41) is 4.40. The van der Waals surface area contributed by atoms with Gasteiger partial charge in [-0.05, 0) is 31.0 Å². The molecule has 0 aliphatic heterocycles. The van der Waals surface area contributed by atoms with Gasteiger partial charge in [0, 0.05) is 17.8 Å². The maximum atomic E-state index is 6.30. The molecular formula is C18H19N3. The van der Waals surface area contributed by atoms with Gasteiger partial charge in [0.15, 0.2) is 0 Å². The zero-order valence-electron chi connectivity index (χ0n) is 12.1. The zero-order chi connectivity index (χ0) is 14.7. The van der Waals surface area contributed by atoms with Crippen LogP contribution in [0, 0.1) is 6.92 Å². The molecule has 21 heavy (non-hydrogen) atoms. The van der Waals surface area contributed by atoms with Gasteiger partial charge in [-0.15, -0.1) is 0 Å². The highest BCUT2D eigenvalue weighted by Gasteiger charge is 2.10. The molecule has 3 rings (SSSR count). The molecular weight excluding hydrogens is 258 g/mol. The molecule has 0 spiro atoms. The Kier molecular flexibility index (Phi) is 3.84. The van der Waals surface area contributed by atoms with Gasteiger partial charge in [0.05, 0.1) is 11.9 Å². The van der Waals surface area contributed by atoms with Crippen LogP contribution < -0.4 is 5.73 Å². The summed E-state index contributed by atoms with van der Waals surface area (Å²) in [4.78, 5) is 0. The lowest BCUT2D eigenvalue weighted by Crippen LogP contribution is -2.12. The molecule has 1 aromatic heterocycles. The fourth-order valence-corrected chi connectivity index (χ4v) is 2.35. The minimum absolute atomic E-state index is 0.0369. The summed E-state index contributed by atoms with van der Waals surface area (Å²) in [5.41, 5.74) is 10.9. The van der Waals surface area contributed by atoms with Crippen molar-refractivity contribution < 1.29 is 0 Å². The van der Waals surface area contributed by atoms with Crippen LogP contribution in [0.15, 0.2) is 67.0 Å². The number of nitrogens with two attached hydrogens (primary N) is 1. The van der Waals surface area contributed by atoms with Crippen molar-refractivity contribution in [3.8, 4) is 5.69 Å². The van der Waals surface area contributed by atoms with Crippen molar-refractivity contribution in [2.75, 3.05) is 0 Å². The number of rotatable bonds is 4. The van der Waals surface area contributed by atoms with E-state index in [1.54, 1.807) is 0 Å². The highest BCUT2D eigenvalue weighted by molar-refractivity contribution is 5.32. The van der Waals surface area contributed by atoms with Gasteiger partial charge in [0.2, 0.25) is 0 Å². The van der Waals surface area contributed by atoms with Crippen LogP contribution in [0.2, 0.25) is 0 Å². The van der Waals surface area contributed by atoms with Gasteiger partial charge in [-0.3, -0.25) is 0 Å². The largest absolute Gasteiger partial charge is 0.324 e. The van der Waals surface area contributed by atoms with E-state index in [1.807, 2.05) is 47.4 Å².